The van der Waals surface area contributed by atoms with Crippen LogP contribution in [0, 0.1) is 5.41 Å². The Morgan fingerprint density at radius 1 is 1.29 bits per heavy atom. The van der Waals surface area contributed by atoms with Gasteiger partial charge in [-0.2, -0.15) is 0 Å². The molecule has 5 heteroatoms. The van der Waals surface area contributed by atoms with Crippen molar-refractivity contribution in [2.45, 2.75) is 27.7 Å². The number of carbonyl (C=O) groups is 2. The first-order chi connectivity index (χ1) is 7.85. The molecule has 0 fully saturated rings. The minimum Gasteiger partial charge on any atom is -0.463 e. The van der Waals surface area contributed by atoms with E-state index in [0.717, 1.165) is 0 Å². The summed E-state index contributed by atoms with van der Waals surface area (Å²) in [7, 11) is 0. The number of aliphatic hydroxyl groups excluding tert-OH is 1. The van der Waals surface area contributed by atoms with Crippen LogP contribution in [0.1, 0.15) is 27.7 Å². The zero-order valence-corrected chi connectivity index (χ0v) is 10.8. The van der Waals surface area contributed by atoms with E-state index < -0.39 is 17.4 Å². The highest BCUT2D eigenvalue weighted by atomic mass is 16.6. The Hall–Kier alpha value is -1.36. The maximum absolute atomic E-state index is 11.5. The molecule has 0 aromatic heterocycles. The summed E-state index contributed by atoms with van der Waals surface area (Å²) in [4.78, 5) is 22.9. The maximum atomic E-state index is 11.5. The van der Waals surface area contributed by atoms with E-state index in [2.05, 4.69) is 0 Å². The van der Waals surface area contributed by atoms with Crippen LogP contribution in [0.5, 0.6) is 0 Å². The van der Waals surface area contributed by atoms with Crippen molar-refractivity contribution in [3.63, 3.8) is 0 Å². The molecule has 1 N–H and O–H groups in total. The third kappa shape index (κ3) is 5.49. The zero-order valence-electron chi connectivity index (χ0n) is 10.8. The summed E-state index contributed by atoms with van der Waals surface area (Å²) in [6.45, 7) is 6.28. The molecule has 0 aliphatic carbocycles. The Morgan fingerprint density at radius 3 is 2.35 bits per heavy atom. The van der Waals surface area contributed by atoms with Crippen molar-refractivity contribution >= 4 is 11.9 Å². The van der Waals surface area contributed by atoms with Gasteiger partial charge in [-0.05, 0) is 27.7 Å². The van der Waals surface area contributed by atoms with E-state index >= 15 is 0 Å². The normalized spacial score (nSPS) is 12.2. The van der Waals surface area contributed by atoms with Crippen molar-refractivity contribution in [3.05, 3.63) is 11.6 Å². The van der Waals surface area contributed by atoms with Gasteiger partial charge in [0.05, 0.1) is 12.0 Å². The first-order valence-corrected chi connectivity index (χ1v) is 5.43. The van der Waals surface area contributed by atoms with Gasteiger partial charge in [-0.25, -0.2) is 4.79 Å². The second kappa shape index (κ2) is 7.06. The standard InChI is InChI=1S/C12H20O5/c1-5-9(2)10(14)17-8-12(3,4)11(15)16-7-6-13/h5,13H,6-8H2,1-4H3. The van der Waals surface area contributed by atoms with Crippen molar-refractivity contribution in [2.75, 3.05) is 19.8 Å². The van der Waals surface area contributed by atoms with Crippen LogP contribution < -0.4 is 0 Å². The fraction of sp³-hybridized carbons (Fsp3) is 0.667. The molecule has 0 aromatic carbocycles. The Kier molecular flexibility index (Phi) is 6.50. The van der Waals surface area contributed by atoms with Crippen molar-refractivity contribution < 1.29 is 24.2 Å². The molecule has 0 atom stereocenters. The quantitative estimate of drug-likeness (QED) is 0.558. The second-order valence-electron chi connectivity index (χ2n) is 4.29. The van der Waals surface area contributed by atoms with Crippen LogP contribution in [0.25, 0.3) is 0 Å². The lowest BCUT2D eigenvalue weighted by Crippen LogP contribution is -2.33. The van der Waals surface area contributed by atoms with Crippen molar-refractivity contribution in [1.29, 1.82) is 0 Å². The molecule has 0 heterocycles. The van der Waals surface area contributed by atoms with E-state index in [1.54, 1.807) is 33.8 Å². The summed E-state index contributed by atoms with van der Waals surface area (Å²) in [6, 6.07) is 0. The number of ether oxygens (including phenoxy) is 2. The summed E-state index contributed by atoms with van der Waals surface area (Å²) >= 11 is 0. The van der Waals surface area contributed by atoms with Gasteiger partial charge >= 0.3 is 11.9 Å². The fourth-order valence-electron chi connectivity index (χ4n) is 0.870. The molecular formula is C12H20O5. The molecule has 0 amide bonds. The molecule has 0 spiro atoms. The van der Waals surface area contributed by atoms with Crippen molar-refractivity contribution in [3.8, 4) is 0 Å². The van der Waals surface area contributed by atoms with Crippen LogP contribution in [-0.2, 0) is 19.1 Å². The third-order valence-electron chi connectivity index (χ3n) is 2.20. The van der Waals surface area contributed by atoms with Crippen LogP contribution in [0.3, 0.4) is 0 Å². The van der Waals surface area contributed by atoms with Gasteiger partial charge in [0, 0.05) is 5.57 Å². The minimum atomic E-state index is -0.918. The molecule has 0 aliphatic rings. The van der Waals surface area contributed by atoms with Gasteiger partial charge in [0.15, 0.2) is 0 Å². The highest BCUT2D eigenvalue weighted by Crippen LogP contribution is 2.18. The molecule has 0 unspecified atom stereocenters. The summed E-state index contributed by atoms with van der Waals surface area (Å²) < 4.78 is 9.77. The topological polar surface area (TPSA) is 72.8 Å². The summed E-state index contributed by atoms with van der Waals surface area (Å²) in [5.41, 5.74) is -0.428. The Balaban J connectivity index is 4.26. The summed E-state index contributed by atoms with van der Waals surface area (Å²) in [5, 5.41) is 8.53. The molecule has 0 aliphatic heterocycles. The van der Waals surface area contributed by atoms with Gasteiger partial charge in [-0.1, -0.05) is 6.08 Å². The van der Waals surface area contributed by atoms with E-state index in [1.807, 2.05) is 0 Å². The molecule has 17 heavy (non-hydrogen) atoms. The van der Waals surface area contributed by atoms with Crippen molar-refractivity contribution in [1.82, 2.24) is 0 Å². The number of rotatable bonds is 6. The van der Waals surface area contributed by atoms with E-state index in [-0.39, 0.29) is 19.8 Å². The lowest BCUT2D eigenvalue weighted by atomic mass is 9.95. The zero-order chi connectivity index (χ0) is 13.5. The van der Waals surface area contributed by atoms with Crippen LogP contribution in [-0.4, -0.2) is 36.9 Å². The number of hydrogen-bond donors (Lipinski definition) is 1. The van der Waals surface area contributed by atoms with Gasteiger partial charge < -0.3 is 14.6 Å². The van der Waals surface area contributed by atoms with Gasteiger partial charge in [-0.15, -0.1) is 0 Å². The van der Waals surface area contributed by atoms with Crippen LogP contribution in [0.15, 0.2) is 11.6 Å². The monoisotopic (exact) mass is 244 g/mol. The highest BCUT2D eigenvalue weighted by Gasteiger charge is 2.31. The Morgan fingerprint density at radius 2 is 1.88 bits per heavy atom. The van der Waals surface area contributed by atoms with E-state index in [4.69, 9.17) is 14.6 Å². The molecule has 0 aromatic rings. The van der Waals surface area contributed by atoms with Crippen molar-refractivity contribution in [2.24, 2.45) is 5.41 Å². The smallest absolute Gasteiger partial charge is 0.333 e. The maximum Gasteiger partial charge on any atom is 0.333 e. The first kappa shape index (κ1) is 15.6. The SMILES string of the molecule is CC=C(C)C(=O)OCC(C)(C)C(=O)OCCO. The first-order valence-electron chi connectivity index (χ1n) is 5.43. The second-order valence-corrected chi connectivity index (χ2v) is 4.29. The Labute approximate surface area is 101 Å². The van der Waals surface area contributed by atoms with Crippen LogP contribution in [0.2, 0.25) is 0 Å². The van der Waals surface area contributed by atoms with Gasteiger partial charge in [0.1, 0.15) is 13.2 Å². The minimum absolute atomic E-state index is 0.0515. The molecule has 0 radical (unpaired) electrons. The molecule has 0 bridgehead atoms. The van der Waals surface area contributed by atoms with E-state index in [9.17, 15) is 9.59 Å². The fourth-order valence-corrected chi connectivity index (χ4v) is 0.870. The van der Waals surface area contributed by atoms with Crippen LogP contribution >= 0.6 is 0 Å². The average molecular weight is 244 g/mol. The number of carbonyl (C=O) groups excluding carboxylic acids is 2. The highest BCUT2D eigenvalue weighted by molar-refractivity contribution is 5.88. The molecule has 0 rings (SSSR count). The number of aliphatic hydroxyl groups is 1. The molecule has 5 nitrogen and oxygen atoms in total. The van der Waals surface area contributed by atoms with Gasteiger partial charge in [0.2, 0.25) is 0 Å². The van der Waals surface area contributed by atoms with Gasteiger partial charge in [0.25, 0.3) is 0 Å². The van der Waals surface area contributed by atoms with Crippen LogP contribution in [0.4, 0.5) is 0 Å². The lowest BCUT2D eigenvalue weighted by molar-refractivity contribution is -0.161. The number of hydrogen-bond acceptors (Lipinski definition) is 5. The molecule has 0 saturated heterocycles. The average Bonchev–Trinajstić information content (AvgIpc) is 2.31. The number of allylic oxidation sites excluding steroid dienone is 1. The lowest BCUT2D eigenvalue weighted by Gasteiger charge is -2.21. The van der Waals surface area contributed by atoms with Gasteiger partial charge in [-0.3, -0.25) is 4.79 Å². The molecular weight excluding hydrogens is 224 g/mol. The number of esters is 2. The predicted molar refractivity (Wildman–Crippen MR) is 62.2 cm³/mol. The predicted octanol–water partition coefficient (Wildman–Crippen LogP) is 1.06. The molecule has 0 saturated carbocycles. The largest absolute Gasteiger partial charge is 0.463 e. The molecule has 98 valence electrons. The van der Waals surface area contributed by atoms with E-state index in [1.165, 1.54) is 0 Å². The van der Waals surface area contributed by atoms with E-state index in [0.29, 0.717) is 5.57 Å². The summed E-state index contributed by atoms with van der Waals surface area (Å²) in [6.07, 6.45) is 1.64. The summed E-state index contributed by atoms with van der Waals surface area (Å²) in [5.74, 6) is -0.951. The Bertz CT molecular complexity index is 304. The third-order valence-corrected chi connectivity index (χ3v) is 2.20.